The summed E-state index contributed by atoms with van der Waals surface area (Å²) in [6.07, 6.45) is 12.7. The van der Waals surface area contributed by atoms with Gasteiger partial charge in [0.1, 0.15) is 0 Å². The van der Waals surface area contributed by atoms with E-state index in [4.69, 9.17) is 5.73 Å². The predicted octanol–water partition coefficient (Wildman–Crippen LogP) is 4.32. The smallest absolute Gasteiger partial charge is 0.0420 e. The normalized spacial score (nSPS) is 31.6. The van der Waals surface area contributed by atoms with Gasteiger partial charge in [-0.05, 0) is 65.1 Å². The van der Waals surface area contributed by atoms with Crippen molar-refractivity contribution in [3.8, 4) is 0 Å². The lowest BCUT2D eigenvalue weighted by atomic mass is 9.66. The van der Waals surface area contributed by atoms with Crippen molar-refractivity contribution in [3.05, 3.63) is 28.5 Å². The summed E-state index contributed by atoms with van der Waals surface area (Å²) in [5.74, 6) is 2.68. The molecule has 2 nitrogen and oxygen atoms in total. The fourth-order valence-corrected chi connectivity index (χ4v) is 4.47. The molecule has 3 rings (SSSR count). The molecule has 1 aromatic heterocycles. The number of aromatic nitrogens is 1. The van der Waals surface area contributed by atoms with Crippen LogP contribution in [0.3, 0.4) is 0 Å². The number of hydrogen-bond donors (Lipinski definition) is 1. The molecule has 0 radical (unpaired) electrons. The van der Waals surface area contributed by atoms with Crippen LogP contribution in [0.4, 0.5) is 0 Å². The highest BCUT2D eigenvalue weighted by Crippen LogP contribution is 2.43. The minimum atomic E-state index is 0.284. The zero-order valence-electron chi connectivity index (χ0n) is 12.1. The van der Waals surface area contributed by atoms with Gasteiger partial charge in [0.15, 0.2) is 0 Å². The second-order valence-electron chi connectivity index (χ2n) is 6.71. The molecule has 2 N–H and O–H groups in total. The SMILES string of the molecule is NC(Cc1ccc(Br)cn1)C1CCC2CCCCC2C1. The highest BCUT2D eigenvalue weighted by molar-refractivity contribution is 9.10. The summed E-state index contributed by atoms with van der Waals surface area (Å²) >= 11 is 3.43. The first-order valence-electron chi connectivity index (χ1n) is 8.08. The van der Waals surface area contributed by atoms with Crippen LogP contribution in [0, 0.1) is 17.8 Å². The summed E-state index contributed by atoms with van der Waals surface area (Å²) in [7, 11) is 0. The van der Waals surface area contributed by atoms with Crippen LogP contribution >= 0.6 is 15.9 Å². The summed E-state index contributed by atoms with van der Waals surface area (Å²) in [4.78, 5) is 4.47. The first kappa shape index (κ1) is 14.5. The second-order valence-corrected chi connectivity index (χ2v) is 7.63. The first-order chi connectivity index (χ1) is 9.72. The van der Waals surface area contributed by atoms with Crippen molar-refractivity contribution < 1.29 is 0 Å². The van der Waals surface area contributed by atoms with Gasteiger partial charge in [0.25, 0.3) is 0 Å². The highest BCUT2D eigenvalue weighted by atomic mass is 79.9. The molecule has 4 atom stereocenters. The van der Waals surface area contributed by atoms with Gasteiger partial charge in [0.05, 0.1) is 0 Å². The molecule has 1 aromatic rings. The van der Waals surface area contributed by atoms with Crippen LogP contribution in [0.5, 0.6) is 0 Å². The summed E-state index contributed by atoms with van der Waals surface area (Å²) < 4.78 is 1.04. The molecule has 0 aromatic carbocycles. The van der Waals surface area contributed by atoms with Crippen LogP contribution in [0.1, 0.15) is 50.6 Å². The van der Waals surface area contributed by atoms with Gasteiger partial charge in [-0.2, -0.15) is 0 Å². The van der Waals surface area contributed by atoms with Gasteiger partial charge in [-0.3, -0.25) is 4.98 Å². The molecule has 3 heteroatoms. The zero-order valence-corrected chi connectivity index (χ0v) is 13.7. The van der Waals surface area contributed by atoms with Crippen molar-refractivity contribution in [1.29, 1.82) is 0 Å². The van der Waals surface area contributed by atoms with E-state index in [1.807, 2.05) is 6.20 Å². The molecular weight excluding hydrogens is 312 g/mol. The van der Waals surface area contributed by atoms with Gasteiger partial charge in [-0.25, -0.2) is 0 Å². The number of rotatable bonds is 3. The lowest BCUT2D eigenvalue weighted by molar-refractivity contribution is 0.117. The highest BCUT2D eigenvalue weighted by Gasteiger charge is 2.34. The van der Waals surface area contributed by atoms with Crippen LogP contribution in [-0.4, -0.2) is 11.0 Å². The van der Waals surface area contributed by atoms with E-state index in [0.29, 0.717) is 5.92 Å². The Balaban J connectivity index is 1.57. The molecule has 0 bridgehead atoms. The van der Waals surface area contributed by atoms with Gasteiger partial charge in [0, 0.05) is 28.8 Å². The van der Waals surface area contributed by atoms with Gasteiger partial charge in [-0.1, -0.05) is 25.7 Å². The lowest BCUT2D eigenvalue weighted by Gasteiger charge is -2.41. The van der Waals surface area contributed by atoms with Crippen LogP contribution in [0.25, 0.3) is 0 Å². The molecule has 2 fully saturated rings. The zero-order chi connectivity index (χ0) is 13.9. The van der Waals surface area contributed by atoms with E-state index in [0.717, 1.165) is 28.4 Å². The number of fused-ring (bicyclic) bond motifs is 1. The van der Waals surface area contributed by atoms with Crippen molar-refractivity contribution in [1.82, 2.24) is 4.98 Å². The summed E-state index contributed by atoms with van der Waals surface area (Å²) in [6, 6.07) is 4.44. The molecule has 4 unspecified atom stereocenters. The number of nitrogens with zero attached hydrogens (tertiary/aromatic N) is 1. The molecular formula is C17H25BrN2. The Morgan fingerprint density at radius 2 is 1.95 bits per heavy atom. The Morgan fingerprint density at radius 1 is 1.15 bits per heavy atom. The fourth-order valence-electron chi connectivity index (χ4n) is 4.23. The largest absolute Gasteiger partial charge is 0.327 e. The van der Waals surface area contributed by atoms with Crippen molar-refractivity contribution >= 4 is 15.9 Å². The molecule has 0 spiro atoms. The predicted molar refractivity (Wildman–Crippen MR) is 86.4 cm³/mol. The van der Waals surface area contributed by atoms with Gasteiger partial charge in [-0.15, -0.1) is 0 Å². The van der Waals surface area contributed by atoms with Crippen molar-refractivity contribution in [2.45, 2.75) is 57.4 Å². The van der Waals surface area contributed by atoms with E-state index in [9.17, 15) is 0 Å². The third-order valence-corrected chi connectivity index (χ3v) is 5.89. The minimum absolute atomic E-state index is 0.284. The fraction of sp³-hybridized carbons (Fsp3) is 0.706. The Labute approximate surface area is 130 Å². The summed E-state index contributed by atoms with van der Waals surface area (Å²) in [5.41, 5.74) is 7.62. The number of nitrogens with two attached hydrogens (primary N) is 1. The Bertz CT molecular complexity index is 431. The monoisotopic (exact) mass is 336 g/mol. The van der Waals surface area contributed by atoms with Crippen LogP contribution in [-0.2, 0) is 6.42 Å². The number of pyridine rings is 1. The quantitative estimate of drug-likeness (QED) is 0.892. The average molecular weight is 337 g/mol. The third kappa shape index (κ3) is 3.43. The minimum Gasteiger partial charge on any atom is -0.327 e. The van der Waals surface area contributed by atoms with E-state index < -0.39 is 0 Å². The molecule has 0 aliphatic heterocycles. The average Bonchev–Trinajstić information content (AvgIpc) is 2.49. The molecule has 2 aliphatic rings. The van der Waals surface area contributed by atoms with Gasteiger partial charge >= 0.3 is 0 Å². The first-order valence-corrected chi connectivity index (χ1v) is 8.87. The second kappa shape index (κ2) is 6.57. The third-order valence-electron chi connectivity index (χ3n) is 5.42. The maximum atomic E-state index is 6.49. The van der Waals surface area contributed by atoms with E-state index in [-0.39, 0.29) is 6.04 Å². The lowest BCUT2D eigenvalue weighted by Crippen LogP contribution is -2.39. The van der Waals surface area contributed by atoms with Crippen molar-refractivity contribution in [3.63, 3.8) is 0 Å². The molecule has 1 heterocycles. The maximum Gasteiger partial charge on any atom is 0.0420 e. The molecule has 0 amide bonds. The maximum absolute atomic E-state index is 6.49. The number of halogens is 1. The Kier molecular flexibility index (Phi) is 4.77. The Hall–Kier alpha value is -0.410. The summed E-state index contributed by atoms with van der Waals surface area (Å²) in [6.45, 7) is 0. The van der Waals surface area contributed by atoms with E-state index >= 15 is 0 Å². The van der Waals surface area contributed by atoms with Crippen molar-refractivity contribution in [2.24, 2.45) is 23.5 Å². The van der Waals surface area contributed by atoms with E-state index in [2.05, 4.69) is 33.0 Å². The summed E-state index contributed by atoms with van der Waals surface area (Å²) in [5, 5.41) is 0. The molecule has 110 valence electrons. The molecule has 2 aliphatic carbocycles. The van der Waals surface area contributed by atoms with E-state index in [1.54, 1.807) is 0 Å². The van der Waals surface area contributed by atoms with Crippen LogP contribution in [0.15, 0.2) is 22.8 Å². The van der Waals surface area contributed by atoms with Gasteiger partial charge in [0.2, 0.25) is 0 Å². The van der Waals surface area contributed by atoms with Crippen LogP contribution in [0.2, 0.25) is 0 Å². The standard InChI is InChI=1S/C17H25BrN2/c18-15-7-8-16(20-11-15)10-17(19)14-6-5-12-3-1-2-4-13(12)9-14/h7-8,11-14,17H,1-6,9-10,19H2. The van der Waals surface area contributed by atoms with Gasteiger partial charge < -0.3 is 5.73 Å². The van der Waals surface area contributed by atoms with E-state index in [1.165, 1.54) is 44.9 Å². The molecule has 2 saturated carbocycles. The molecule has 0 saturated heterocycles. The number of hydrogen-bond acceptors (Lipinski definition) is 2. The van der Waals surface area contributed by atoms with Crippen molar-refractivity contribution in [2.75, 3.05) is 0 Å². The van der Waals surface area contributed by atoms with Crippen LogP contribution < -0.4 is 5.73 Å². The Morgan fingerprint density at radius 3 is 2.70 bits per heavy atom. The molecule has 20 heavy (non-hydrogen) atoms. The topological polar surface area (TPSA) is 38.9 Å².